The van der Waals surface area contributed by atoms with E-state index in [2.05, 4.69) is 12.2 Å². The fourth-order valence-electron chi connectivity index (χ4n) is 2.31. The van der Waals surface area contributed by atoms with Crippen LogP contribution in [0.3, 0.4) is 0 Å². The van der Waals surface area contributed by atoms with Crippen molar-refractivity contribution in [3.8, 4) is 5.75 Å². The molecule has 1 amide bonds. The van der Waals surface area contributed by atoms with Gasteiger partial charge in [0.15, 0.2) is 5.75 Å². The summed E-state index contributed by atoms with van der Waals surface area (Å²) in [5.74, 6) is 0.334. The molecule has 0 aliphatic heterocycles. The molecule has 4 nitrogen and oxygen atoms in total. The van der Waals surface area contributed by atoms with Crippen LogP contribution in [0, 0.1) is 5.41 Å². The maximum Gasteiger partial charge on any atom is 0.255 e. The van der Waals surface area contributed by atoms with Gasteiger partial charge >= 0.3 is 0 Å². The minimum Gasteiger partial charge on any atom is -0.494 e. The molecule has 0 saturated heterocycles. The summed E-state index contributed by atoms with van der Waals surface area (Å²) in [6, 6.07) is 5.22. The summed E-state index contributed by atoms with van der Waals surface area (Å²) < 4.78 is 5.18. The minimum absolute atomic E-state index is 0.118. The average Bonchev–Trinajstić information content (AvgIpc) is 2.33. The summed E-state index contributed by atoms with van der Waals surface area (Å²) in [7, 11) is 1.52. The second-order valence-corrected chi connectivity index (χ2v) is 5.27. The van der Waals surface area contributed by atoms with E-state index < -0.39 is 0 Å². The lowest BCUT2D eigenvalue weighted by molar-refractivity contribution is 0.0888. The Bertz CT molecular complexity index is 453. The summed E-state index contributed by atoms with van der Waals surface area (Å²) in [6.45, 7) is 2.91. The van der Waals surface area contributed by atoms with Gasteiger partial charge in [0.25, 0.3) is 5.91 Å². The van der Waals surface area contributed by atoms with E-state index in [0.29, 0.717) is 23.5 Å². The van der Waals surface area contributed by atoms with E-state index >= 15 is 0 Å². The maximum absolute atomic E-state index is 12.1. The van der Waals surface area contributed by atoms with Gasteiger partial charge in [-0.05, 0) is 30.4 Å². The van der Waals surface area contributed by atoms with Crippen LogP contribution in [0.25, 0.3) is 0 Å². The monoisotopic (exact) mass is 248 g/mol. The maximum atomic E-state index is 12.1. The molecule has 0 atom stereocenters. The first-order valence-corrected chi connectivity index (χ1v) is 6.26. The van der Waals surface area contributed by atoms with Gasteiger partial charge in [-0.25, -0.2) is 0 Å². The van der Waals surface area contributed by atoms with Gasteiger partial charge in [0.1, 0.15) is 0 Å². The van der Waals surface area contributed by atoms with Crippen molar-refractivity contribution >= 4 is 11.6 Å². The number of nitrogens with one attached hydrogen (secondary N) is 1. The van der Waals surface area contributed by atoms with Crippen molar-refractivity contribution in [1.29, 1.82) is 0 Å². The van der Waals surface area contributed by atoms with Gasteiger partial charge in [-0.2, -0.15) is 0 Å². The Morgan fingerprint density at radius 3 is 2.78 bits per heavy atom. The molecular formula is C14H20N2O2. The van der Waals surface area contributed by atoms with Gasteiger partial charge in [-0.3, -0.25) is 4.79 Å². The molecule has 1 aromatic rings. The number of para-hydroxylation sites is 1. The summed E-state index contributed by atoms with van der Waals surface area (Å²) in [4.78, 5) is 12.1. The molecule has 0 spiro atoms. The van der Waals surface area contributed by atoms with Gasteiger partial charge in [0.05, 0.1) is 18.4 Å². The molecule has 1 aliphatic carbocycles. The van der Waals surface area contributed by atoms with Crippen molar-refractivity contribution < 1.29 is 9.53 Å². The Balaban J connectivity index is 2.06. The van der Waals surface area contributed by atoms with Crippen molar-refractivity contribution in [2.24, 2.45) is 5.41 Å². The van der Waals surface area contributed by atoms with Crippen LogP contribution < -0.4 is 15.8 Å². The van der Waals surface area contributed by atoms with Crippen LogP contribution in [0.4, 0.5) is 5.69 Å². The lowest BCUT2D eigenvalue weighted by atomic mass is 9.70. The van der Waals surface area contributed by atoms with Crippen LogP contribution in [0.15, 0.2) is 18.2 Å². The van der Waals surface area contributed by atoms with E-state index in [9.17, 15) is 4.79 Å². The number of benzene rings is 1. The summed E-state index contributed by atoms with van der Waals surface area (Å²) in [5, 5.41) is 2.97. The normalized spacial score (nSPS) is 16.8. The van der Waals surface area contributed by atoms with Gasteiger partial charge in [-0.1, -0.05) is 19.4 Å². The number of hydrogen-bond acceptors (Lipinski definition) is 3. The molecule has 2 rings (SSSR count). The zero-order valence-electron chi connectivity index (χ0n) is 11.0. The first-order chi connectivity index (χ1) is 8.56. The predicted molar refractivity (Wildman–Crippen MR) is 71.7 cm³/mol. The van der Waals surface area contributed by atoms with Crippen molar-refractivity contribution in [3.05, 3.63) is 23.8 Å². The summed E-state index contributed by atoms with van der Waals surface area (Å²) in [5.41, 5.74) is 7.04. The highest BCUT2D eigenvalue weighted by molar-refractivity contribution is 5.98. The minimum atomic E-state index is -0.118. The number of carbonyl (C=O) groups excluding carboxylic acids is 1. The van der Waals surface area contributed by atoms with Crippen molar-refractivity contribution in [2.75, 3.05) is 19.4 Å². The number of amides is 1. The largest absolute Gasteiger partial charge is 0.494 e. The Labute approximate surface area is 108 Å². The highest BCUT2D eigenvalue weighted by Crippen LogP contribution is 2.39. The summed E-state index contributed by atoms with van der Waals surface area (Å²) in [6.07, 6.45) is 3.62. The molecular weight excluding hydrogens is 228 g/mol. The van der Waals surface area contributed by atoms with Crippen LogP contribution in [-0.4, -0.2) is 19.6 Å². The van der Waals surface area contributed by atoms with Crippen LogP contribution >= 0.6 is 0 Å². The van der Waals surface area contributed by atoms with Gasteiger partial charge in [0, 0.05) is 6.54 Å². The van der Waals surface area contributed by atoms with E-state index in [-0.39, 0.29) is 11.3 Å². The molecule has 4 heteroatoms. The van der Waals surface area contributed by atoms with Gasteiger partial charge in [-0.15, -0.1) is 0 Å². The fraction of sp³-hybridized carbons (Fsp3) is 0.500. The predicted octanol–water partition coefficient (Wildman–Crippen LogP) is 2.20. The second kappa shape index (κ2) is 4.88. The van der Waals surface area contributed by atoms with Crippen molar-refractivity contribution in [2.45, 2.75) is 26.2 Å². The number of hydrogen-bond donors (Lipinski definition) is 2. The molecule has 0 aromatic heterocycles. The van der Waals surface area contributed by atoms with E-state index in [1.807, 2.05) is 0 Å². The molecule has 0 unspecified atom stereocenters. The number of nitrogens with two attached hydrogens (primary N) is 1. The van der Waals surface area contributed by atoms with E-state index in [0.717, 1.165) is 0 Å². The number of anilines is 1. The number of rotatable bonds is 4. The first-order valence-electron chi connectivity index (χ1n) is 6.26. The topological polar surface area (TPSA) is 64.3 Å². The van der Waals surface area contributed by atoms with E-state index in [1.165, 1.54) is 26.4 Å². The highest BCUT2D eigenvalue weighted by Gasteiger charge is 2.32. The van der Waals surface area contributed by atoms with Crippen LogP contribution in [0.1, 0.15) is 36.5 Å². The smallest absolute Gasteiger partial charge is 0.255 e. The quantitative estimate of drug-likeness (QED) is 0.803. The van der Waals surface area contributed by atoms with E-state index in [1.54, 1.807) is 18.2 Å². The number of methoxy groups -OCH3 is 1. The van der Waals surface area contributed by atoms with Crippen LogP contribution in [0.2, 0.25) is 0 Å². The molecule has 0 heterocycles. The second-order valence-electron chi connectivity index (χ2n) is 5.27. The third-order valence-corrected chi connectivity index (χ3v) is 3.73. The molecule has 1 saturated carbocycles. The van der Waals surface area contributed by atoms with Gasteiger partial charge in [0.2, 0.25) is 0 Å². The van der Waals surface area contributed by atoms with Crippen molar-refractivity contribution in [1.82, 2.24) is 5.32 Å². The first kappa shape index (κ1) is 12.7. The molecule has 18 heavy (non-hydrogen) atoms. The number of carbonyl (C=O) groups is 1. The Kier molecular flexibility index (Phi) is 3.45. The standard InChI is InChI=1S/C14H20N2O2/c1-14(7-4-8-14)9-16-13(17)10-5-3-6-11(15)12(10)18-2/h3,5-6H,4,7-9,15H2,1-2H3,(H,16,17). The number of ether oxygens (including phenoxy) is 1. The molecule has 0 bridgehead atoms. The molecule has 1 fully saturated rings. The zero-order chi connectivity index (χ0) is 13.2. The molecule has 0 radical (unpaired) electrons. The number of nitrogen functional groups attached to an aromatic ring is 1. The van der Waals surface area contributed by atoms with Gasteiger partial charge < -0.3 is 15.8 Å². The average molecular weight is 248 g/mol. The molecule has 3 N–H and O–H groups in total. The highest BCUT2D eigenvalue weighted by atomic mass is 16.5. The third-order valence-electron chi connectivity index (χ3n) is 3.73. The fourth-order valence-corrected chi connectivity index (χ4v) is 2.31. The van der Waals surface area contributed by atoms with Crippen LogP contribution in [-0.2, 0) is 0 Å². The third kappa shape index (κ3) is 2.42. The molecule has 1 aromatic carbocycles. The Morgan fingerprint density at radius 2 is 2.22 bits per heavy atom. The molecule has 1 aliphatic rings. The van der Waals surface area contributed by atoms with Crippen LogP contribution in [0.5, 0.6) is 5.75 Å². The van der Waals surface area contributed by atoms with Crippen molar-refractivity contribution in [3.63, 3.8) is 0 Å². The SMILES string of the molecule is COc1c(N)cccc1C(=O)NCC1(C)CCC1. The summed E-state index contributed by atoms with van der Waals surface area (Å²) >= 11 is 0. The Hall–Kier alpha value is -1.71. The molecule has 98 valence electrons. The Morgan fingerprint density at radius 1 is 1.50 bits per heavy atom. The van der Waals surface area contributed by atoms with E-state index in [4.69, 9.17) is 10.5 Å². The lowest BCUT2D eigenvalue weighted by Crippen LogP contribution is -2.40. The lowest BCUT2D eigenvalue weighted by Gasteiger charge is -2.38. The zero-order valence-corrected chi connectivity index (χ0v) is 11.0.